The number of alkyl halides is 3. The van der Waals surface area contributed by atoms with Gasteiger partial charge in [-0.2, -0.15) is 13.2 Å². The molecule has 0 aliphatic heterocycles. The van der Waals surface area contributed by atoms with E-state index in [0.29, 0.717) is 18.5 Å². The van der Waals surface area contributed by atoms with Crippen LogP contribution in [0.1, 0.15) is 37.8 Å². The van der Waals surface area contributed by atoms with Crippen LogP contribution in [-0.4, -0.2) is 33.6 Å². The van der Waals surface area contributed by atoms with Gasteiger partial charge in [0.25, 0.3) is 0 Å². The summed E-state index contributed by atoms with van der Waals surface area (Å²) in [5.74, 6) is -0.0779. The molecule has 1 fully saturated rings. The molecule has 200 valence electrons. The average Bonchev–Trinajstić information content (AvgIpc) is 3.64. The summed E-state index contributed by atoms with van der Waals surface area (Å²) in [7, 11) is 0. The standard InChI is InChI=1S/C26H26F3N5O4/c1-16(2)37-19-7-8-22(21(11-19)26(27,28)29)33-18-5-3-17(4-6-18)12-32-23(35)25(9-10-25)34-24(36)38-20-13-30-15-31-14-20/h3-8,11,13-16,33H,9-10,12H2,1-2H3,(H,32,35)(H,34,36). The first-order valence-corrected chi connectivity index (χ1v) is 11.8. The lowest BCUT2D eigenvalue weighted by molar-refractivity contribution is -0.137. The smallest absolute Gasteiger partial charge is 0.418 e. The summed E-state index contributed by atoms with van der Waals surface area (Å²) in [5.41, 5.74) is -0.831. The Morgan fingerprint density at radius 1 is 1.03 bits per heavy atom. The van der Waals surface area contributed by atoms with Gasteiger partial charge in [0.1, 0.15) is 17.6 Å². The molecule has 0 radical (unpaired) electrons. The number of halogens is 3. The first-order chi connectivity index (χ1) is 18.0. The molecule has 12 heteroatoms. The Labute approximate surface area is 216 Å². The lowest BCUT2D eigenvalue weighted by atomic mass is 10.1. The van der Waals surface area contributed by atoms with E-state index in [2.05, 4.69) is 25.9 Å². The lowest BCUT2D eigenvalue weighted by Gasteiger charge is -2.18. The van der Waals surface area contributed by atoms with Gasteiger partial charge in [-0.05, 0) is 62.6 Å². The molecule has 0 unspecified atom stereocenters. The van der Waals surface area contributed by atoms with Crippen LogP contribution in [0.2, 0.25) is 0 Å². The highest BCUT2D eigenvalue weighted by atomic mass is 19.4. The molecule has 1 aliphatic rings. The quantitative estimate of drug-likeness (QED) is 0.359. The fourth-order valence-electron chi connectivity index (χ4n) is 3.63. The van der Waals surface area contributed by atoms with E-state index in [1.165, 1.54) is 30.9 Å². The molecule has 0 bridgehead atoms. The van der Waals surface area contributed by atoms with Gasteiger partial charge in [-0.25, -0.2) is 14.8 Å². The predicted octanol–water partition coefficient (Wildman–Crippen LogP) is 4.96. The number of hydrogen-bond donors (Lipinski definition) is 3. The van der Waals surface area contributed by atoms with Crippen LogP contribution in [0.4, 0.5) is 29.3 Å². The molecule has 9 nitrogen and oxygen atoms in total. The number of nitrogens with one attached hydrogen (secondary N) is 3. The van der Waals surface area contributed by atoms with Crippen molar-refractivity contribution in [1.82, 2.24) is 20.6 Å². The maximum absolute atomic E-state index is 13.6. The Morgan fingerprint density at radius 3 is 2.32 bits per heavy atom. The lowest BCUT2D eigenvalue weighted by Crippen LogP contribution is -2.49. The van der Waals surface area contributed by atoms with Crippen LogP contribution < -0.4 is 25.4 Å². The van der Waals surface area contributed by atoms with Crippen LogP contribution in [0.15, 0.2) is 61.2 Å². The van der Waals surface area contributed by atoms with Crippen LogP contribution in [0, 0.1) is 0 Å². The van der Waals surface area contributed by atoms with Gasteiger partial charge in [0.2, 0.25) is 5.91 Å². The molecular weight excluding hydrogens is 503 g/mol. The summed E-state index contributed by atoms with van der Waals surface area (Å²) in [6.45, 7) is 3.64. The zero-order valence-corrected chi connectivity index (χ0v) is 20.6. The minimum absolute atomic E-state index is 0.106. The third-order valence-electron chi connectivity index (χ3n) is 5.63. The topological polar surface area (TPSA) is 114 Å². The van der Waals surface area contributed by atoms with Crippen molar-refractivity contribution in [3.05, 3.63) is 72.3 Å². The SMILES string of the molecule is CC(C)Oc1ccc(Nc2ccc(CNC(=O)C3(NC(=O)Oc4cncnc4)CC3)cc2)c(C(F)(F)F)c1. The largest absolute Gasteiger partial charge is 0.491 e. The summed E-state index contributed by atoms with van der Waals surface area (Å²) in [5, 5.41) is 8.15. The van der Waals surface area contributed by atoms with Crippen molar-refractivity contribution in [3.63, 3.8) is 0 Å². The Kier molecular flexibility index (Phi) is 7.70. The Hall–Kier alpha value is -4.35. The number of carbonyl (C=O) groups is 2. The highest BCUT2D eigenvalue weighted by Crippen LogP contribution is 2.39. The zero-order valence-electron chi connectivity index (χ0n) is 20.6. The van der Waals surface area contributed by atoms with E-state index in [-0.39, 0.29) is 35.7 Å². The zero-order chi connectivity index (χ0) is 27.3. The van der Waals surface area contributed by atoms with Crippen LogP contribution in [0.3, 0.4) is 0 Å². The second-order valence-electron chi connectivity index (χ2n) is 9.05. The number of amides is 2. The molecule has 1 saturated carbocycles. The van der Waals surface area contributed by atoms with Crippen molar-refractivity contribution < 1.29 is 32.2 Å². The molecular formula is C26H26F3N5O4. The van der Waals surface area contributed by atoms with Gasteiger partial charge in [-0.15, -0.1) is 0 Å². The van der Waals surface area contributed by atoms with Crippen molar-refractivity contribution in [2.75, 3.05) is 5.32 Å². The van der Waals surface area contributed by atoms with Gasteiger partial charge in [0, 0.05) is 12.2 Å². The number of ether oxygens (including phenoxy) is 2. The molecule has 1 aliphatic carbocycles. The molecule has 4 rings (SSSR count). The van der Waals surface area contributed by atoms with E-state index in [0.717, 1.165) is 11.6 Å². The van der Waals surface area contributed by atoms with E-state index in [1.807, 2.05) is 0 Å². The average molecular weight is 530 g/mol. The fourth-order valence-corrected chi connectivity index (χ4v) is 3.63. The summed E-state index contributed by atoms with van der Waals surface area (Å²) < 4.78 is 51.3. The maximum atomic E-state index is 13.6. The van der Waals surface area contributed by atoms with Gasteiger partial charge in [-0.3, -0.25) is 4.79 Å². The third-order valence-corrected chi connectivity index (χ3v) is 5.63. The number of aromatic nitrogens is 2. The molecule has 1 aromatic heterocycles. The molecule has 0 atom stereocenters. The van der Waals surface area contributed by atoms with Gasteiger partial charge >= 0.3 is 12.3 Å². The van der Waals surface area contributed by atoms with E-state index in [1.54, 1.807) is 38.1 Å². The van der Waals surface area contributed by atoms with E-state index >= 15 is 0 Å². The molecule has 38 heavy (non-hydrogen) atoms. The number of anilines is 2. The monoisotopic (exact) mass is 529 g/mol. The summed E-state index contributed by atoms with van der Waals surface area (Å²) in [6.07, 6.45) is -0.748. The van der Waals surface area contributed by atoms with Crippen LogP contribution in [-0.2, 0) is 17.5 Å². The number of nitrogens with zero attached hydrogens (tertiary/aromatic N) is 2. The van der Waals surface area contributed by atoms with Gasteiger partial charge in [0.05, 0.1) is 29.7 Å². The minimum Gasteiger partial charge on any atom is -0.491 e. The van der Waals surface area contributed by atoms with Crippen molar-refractivity contribution in [2.24, 2.45) is 0 Å². The minimum atomic E-state index is -4.57. The van der Waals surface area contributed by atoms with Gasteiger partial charge in [0.15, 0.2) is 5.75 Å². The van der Waals surface area contributed by atoms with Gasteiger partial charge < -0.3 is 25.4 Å². The second kappa shape index (κ2) is 11.0. The fraction of sp³-hybridized carbons (Fsp3) is 0.308. The molecule has 0 saturated heterocycles. The maximum Gasteiger partial charge on any atom is 0.418 e. The van der Waals surface area contributed by atoms with Crippen LogP contribution in [0.5, 0.6) is 11.5 Å². The number of benzene rings is 2. The van der Waals surface area contributed by atoms with Crippen LogP contribution >= 0.6 is 0 Å². The molecule has 3 N–H and O–H groups in total. The molecule has 2 aromatic carbocycles. The normalized spacial score (nSPS) is 13.9. The highest BCUT2D eigenvalue weighted by Gasteiger charge is 2.51. The highest BCUT2D eigenvalue weighted by molar-refractivity contribution is 5.93. The Morgan fingerprint density at radius 2 is 1.71 bits per heavy atom. The number of hydrogen-bond acceptors (Lipinski definition) is 7. The molecule has 3 aromatic rings. The van der Waals surface area contributed by atoms with E-state index < -0.39 is 23.4 Å². The van der Waals surface area contributed by atoms with Gasteiger partial charge in [-0.1, -0.05) is 12.1 Å². The van der Waals surface area contributed by atoms with Crippen molar-refractivity contribution in [3.8, 4) is 11.5 Å². The third kappa shape index (κ3) is 6.90. The first-order valence-electron chi connectivity index (χ1n) is 11.8. The summed E-state index contributed by atoms with van der Waals surface area (Å²) >= 11 is 0. The molecule has 1 heterocycles. The Balaban J connectivity index is 1.33. The number of carbonyl (C=O) groups excluding carboxylic acids is 2. The molecule has 2 amide bonds. The van der Waals surface area contributed by atoms with Crippen LogP contribution in [0.25, 0.3) is 0 Å². The van der Waals surface area contributed by atoms with Crippen molar-refractivity contribution >= 4 is 23.4 Å². The van der Waals surface area contributed by atoms with Crippen molar-refractivity contribution in [1.29, 1.82) is 0 Å². The number of rotatable bonds is 9. The molecule has 0 spiro atoms. The van der Waals surface area contributed by atoms with E-state index in [4.69, 9.17) is 9.47 Å². The van der Waals surface area contributed by atoms with Crippen molar-refractivity contribution in [2.45, 2.75) is 51.1 Å². The Bertz CT molecular complexity index is 1280. The second-order valence-corrected chi connectivity index (χ2v) is 9.05. The summed E-state index contributed by atoms with van der Waals surface area (Å²) in [6, 6.07) is 10.4. The summed E-state index contributed by atoms with van der Waals surface area (Å²) in [4.78, 5) is 32.3. The first kappa shape index (κ1) is 26.7. The predicted molar refractivity (Wildman–Crippen MR) is 132 cm³/mol. The van der Waals surface area contributed by atoms with E-state index in [9.17, 15) is 22.8 Å².